The predicted octanol–water partition coefficient (Wildman–Crippen LogP) is 1.20. The van der Waals surface area contributed by atoms with Crippen LogP contribution in [0.15, 0.2) is 12.2 Å². The maximum Gasteiger partial charge on any atom is 0.312 e. The lowest BCUT2D eigenvalue weighted by Gasteiger charge is -2.18. The smallest absolute Gasteiger partial charge is 0.312 e. The first-order valence-corrected chi connectivity index (χ1v) is 6.90. The van der Waals surface area contributed by atoms with Gasteiger partial charge in [0.1, 0.15) is 0 Å². The van der Waals surface area contributed by atoms with E-state index in [-0.39, 0.29) is 11.9 Å². The maximum absolute atomic E-state index is 11.8. The molecule has 0 unspecified atom stereocenters. The van der Waals surface area contributed by atoms with E-state index in [1.54, 1.807) is 0 Å². The van der Waals surface area contributed by atoms with Crippen LogP contribution in [-0.4, -0.2) is 18.1 Å². The SMILES string of the molecule is COC(=O)[C@H](C)C1=c2[nH]c3c(c2CCC1)CC=CC=3. The van der Waals surface area contributed by atoms with Crippen molar-refractivity contribution in [3.63, 3.8) is 0 Å². The number of fused-ring (bicyclic) bond motifs is 3. The fourth-order valence-corrected chi connectivity index (χ4v) is 3.21. The number of carbonyl (C=O) groups is 1. The van der Waals surface area contributed by atoms with Crippen LogP contribution in [0.3, 0.4) is 0 Å². The van der Waals surface area contributed by atoms with Crippen molar-refractivity contribution >= 4 is 17.6 Å². The lowest BCUT2D eigenvalue weighted by molar-refractivity contribution is -0.142. The van der Waals surface area contributed by atoms with E-state index in [1.165, 1.54) is 34.5 Å². The fourth-order valence-electron chi connectivity index (χ4n) is 3.21. The number of aromatic nitrogens is 1. The first-order chi connectivity index (χ1) is 9.22. The van der Waals surface area contributed by atoms with Crippen LogP contribution in [0.1, 0.15) is 30.9 Å². The van der Waals surface area contributed by atoms with Gasteiger partial charge in [0.15, 0.2) is 0 Å². The fraction of sp³-hybridized carbons (Fsp3) is 0.438. The first-order valence-electron chi connectivity index (χ1n) is 6.90. The normalized spacial score (nSPS) is 18.3. The van der Waals surface area contributed by atoms with Crippen LogP contribution in [0.2, 0.25) is 0 Å². The lowest BCUT2D eigenvalue weighted by atomic mass is 9.87. The highest BCUT2D eigenvalue weighted by Crippen LogP contribution is 2.24. The Bertz CT molecular complexity index is 664. The van der Waals surface area contributed by atoms with Crippen molar-refractivity contribution in [3.05, 3.63) is 34.0 Å². The minimum Gasteiger partial charge on any atom is -0.469 e. The van der Waals surface area contributed by atoms with Crippen LogP contribution in [0, 0.1) is 5.92 Å². The molecule has 0 saturated carbocycles. The summed E-state index contributed by atoms with van der Waals surface area (Å²) in [5, 5.41) is 2.40. The summed E-state index contributed by atoms with van der Waals surface area (Å²) in [5.41, 5.74) is 4.02. The third-order valence-corrected chi connectivity index (χ3v) is 4.24. The van der Waals surface area contributed by atoms with E-state index in [2.05, 4.69) is 23.2 Å². The van der Waals surface area contributed by atoms with Gasteiger partial charge < -0.3 is 9.72 Å². The quantitative estimate of drug-likeness (QED) is 0.809. The Labute approximate surface area is 112 Å². The average molecular weight is 257 g/mol. The second kappa shape index (κ2) is 4.72. The molecule has 1 aromatic heterocycles. The van der Waals surface area contributed by atoms with Gasteiger partial charge in [-0.15, -0.1) is 0 Å². The summed E-state index contributed by atoms with van der Waals surface area (Å²) in [4.78, 5) is 15.3. The van der Waals surface area contributed by atoms with Crippen LogP contribution in [0.5, 0.6) is 0 Å². The zero-order valence-electron chi connectivity index (χ0n) is 11.5. The summed E-state index contributed by atoms with van der Waals surface area (Å²) in [5.74, 6) is -0.297. The van der Waals surface area contributed by atoms with Crippen molar-refractivity contribution < 1.29 is 9.53 Å². The van der Waals surface area contributed by atoms with Gasteiger partial charge in [0.25, 0.3) is 0 Å². The number of allylic oxidation sites excluding steroid dienone is 2. The Morgan fingerprint density at radius 3 is 3.00 bits per heavy atom. The highest BCUT2D eigenvalue weighted by molar-refractivity contribution is 5.82. The largest absolute Gasteiger partial charge is 0.469 e. The first kappa shape index (κ1) is 12.3. The molecule has 3 nitrogen and oxygen atoms in total. The third kappa shape index (κ3) is 1.93. The topological polar surface area (TPSA) is 42.1 Å². The second-order valence-electron chi connectivity index (χ2n) is 5.29. The number of esters is 1. The van der Waals surface area contributed by atoms with E-state index >= 15 is 0 Å². The third-order valence-electron chi connectivity index (χ3n) is 4.24. The Morgan fingerprint density at radius 2 is 2.21 bits per heavy atom. The molecule has 2 aliphatic carbocycles. The van der Waals surface area contributed by atoms with Crippen molar-refractivity contribution in [2.75, 3.05) is 7.11 Å². The minimum absolute atomic E-state index is 0.141. The highest BCUT2D eigenvalue weighted by Gasteiger charge is 2.24. The van der Waals surface area contributed by atoms with Crippen LogP contribution < -0.4 is 10.7 Å². The van der Waals surface area contributed by atoms with Gasteiger partial charge >= 0.3 is 5.97 Å². The van der Waals surface area contributed by atoms with Gasteiger partial charge in [0.2, 0.25) is 0 Å². The van der Waals surface area contributed by atoms with Crippen molar-refractivity contribution in [2.45, 2.75) is 32.6 Å². The van der Waals surface area contributed by atoms with E-state index in [4.69, 9.17) is 4.74 Å². The van der Waals surface area contributed by atoms with Crippen LogP contribution in [0.25, 0.3) is 11.6 Å². The van der Waals surface area contributed by atoms with Gasteiger partial charge in [0.05, 0.1) is 13.0 Å². The van der Waals surface area contributed by atoms with Crippen molar-refractivity contribution in [2.24, 2.45) is 5.92 Å². The molecule has 3 rings (SSSR count). The van der Waals surface area contributed by atoms with Crippen LogP contribution in [0.4, 0.5) is 0 Å². The summed E-state index contributed by atoms with van der Waals surface area (Å²) in [6, 6.07) is 0. The molecule has 0 fully saturated rings. The van der Waals surface area contributed by atoms with Gasteiger partial charge in [-0.25, -0.2) is 0 Å². The van der Waals surface area contributed by atoms with Crippen molar-refractivity contribution in [1.82, 2.24) is 4.98 Å². The number of H-pyrrole nitrogens is 1. The molecule has 0 radical (unpaired) electrons. The van der Waals surface area contributed by atoms with Gasteiger partial charge in [-0.2, -0.15) is 0 Å². The van der Waals surface area contributed by atoms with Crippen LogP contribution >= 0.6 is 0 Å². The molecule has 1 N–H and O–H groups in total. The number of ether oxygens (including phenoxy) is 1. The number of aromatic amines is 1. The summed E-state index contributed by atoms with van der Waals surface area (Å²) in [6.07, 6.45) is 10.6. The Hall–Kier alpha value is -1.77. The van der Waals surface area contributed by atoms with Gasteiger partial charge in [-0.05, 0) is 55.4 Å². The lowest BCUT2D eigenvalue weighted by Crippen LogP contribution is -2.26. The molecule has 0 spiro atoms. The molecule has 1 heterocycles. The monoisotopic (exact) mass is 257 g/mol. The zero-order valence-corrected chi connectivity index (χ0v) is 11.5. The molecule has 0 bridgehead atoms. The van der Waals surface area contributed by atoms with Gasteiger partial charge in [0, 0.05) is 10.7 Å². The van der Waals surface area contributed by atoms with E-state index < -0.39 is 0 Å². The number of carbonyl (C=O) groups excluding carboxylic acids is 1. The molecule has 0 aliphatic heterocycles. The molecular weight excluding hydrogens is 238 g/mol. The number of hydrogen-bond donors (Lipinski definition) is 1. The van der Waals surface area contributed by atoms with Crippen LogP contribution in [-0.2, 0) is 22.4 Å². The Balaban J connectivity index is 2.19. The minimum atomic E-state index is -0.155. The molecule has 1 atom stereocenters. The summed E-state index contributed by atoms with van der Waals surface area (Å²) < 4.78 is 4.89. The number of hydrogen-bond acceptors (Lipinski definition) is 2. The molecule has 1 aromatic rings. The zero-order chi connectivity index (χ0) is 13.4. The summed E-state index contributed by atoms with van der Waals surface area (Å²) in [7, 11) is 1.46. The number of nitrogens with one attached hydrogen (secondary N) is 1. The Kier molecular flexibility index (Phi) is 3.05. The average Bonchev–Trinajstić information content (AvgIpc) is 2.84. The van der Waals surface area contributed by atoms with E-state index in [0.717, 1.165) is 25.7 Å². The highest BCUT2D eigenvalue weighted by atomic mass is 16.5. The van der Waals surface area contributed by atoms with E-state index in [0.29, 0.717) is 0 Å². The summed E-state index contributed by atoms with van der Waals surface area (Å²) >= 11 is 0. The second-order valence-corrected chi connectivity index (χ2v) is 5.29. The molecule has 19 heavy (non-hydrogen) atoms. The van der Waals surface area contributed by atoms with E-state index in [9.17, 15) is 4.79 Å². The number of methoxy groups -OCH3 is 1. The molecule has 2 aliphatic rings. The van der Waals surface area contributed by atoms with Crippen molar-refractivity contribution in [1.29, 1.82) is 0 Å². The summed E-state index contributed by atoms with van der Waals surface area (Å²) in [6.45, 7) is 1.94. The predicted molar refractivity (Wildman–Crippen MR) is 74.9 cm³/mol. The molecule has 0 amide bonds. The maximum atomic E-state index is 11.8. The molecule has 0 saturated heterocycles. The standard InChI is InChI=1S/C16H19NO2/c1-10(16(18)19-2)11-7-5-8-13-12-6-3-4-9-14(12)17-15(11)13/h3-4,9-10,17H,5-8H2,1-2H3/t10-/m1/s1. The molecular formula is C16H19NO2. The van der Waals surface area contributed by atoms with Gasteiger partial charge in [-0.3, -0.25) is 4.79 Å². The molecule has 3 heteroatoms. The molecule has 100 valence electrons. The Morgan fingerprint density at radius 1 is 1.37 bits per heavy atom. The molecule has 0 aromatic carbocycles. The van der Waals surface area contributed by atoms with Crippen molar-refractivity contribution in [3.8, 4) is 0 Å². The van der Waals surface area contributed by atoms with E-state index in [1.807, 2.05) is 6.92 Å². The van der Waals surface area contributed by atoms with Gasteiger partial charge in [-0.1, -0.05) is 12.2 Å². The number of rotatable bonds is 2.